The molecule has 1 aliphatic rings. The van der Waals surface area contributed by atoms with Crippen molar-refractivity contribution in [3.05, 3.63) is 59.2 Å². The number of anilines is 1. The van der Waals surface area contributed by atoms with Crippen LogP contribution < -0.4 is 15.4 Å². The summed E-state index contributed by atoms with van der Waals surface area (Å²) in [5.74, 6) is 1.02. The van der Waals surface area contributed by atoms with Gasteiger partial charge in [-0.1, -0.05) is 32.0 Å². The van der Waals surface area contributed by atoms with Gasteiger partial charge < -0.3 is 15.4 Å². The third-order valence-electron chi connectivity index (χ3n) is 5.01. The topological polar surface area (TPSA) is 67.4 Å². The molecule has 0 unspecified atom stereocenters. The van der Waals surface area contributed by atoms with Crippen molar-refractivity contribution in [3.8, 4) is 5.75 Å². The minimum Gasteiger partial charge on any atom is -0.492 e. The van der Waals surface area contributed by atoms with Gasteiger partial charge in [0.15, 0.2) is 0 Å². The summed E-state index contributed by atoms with van der Waals surface area (Å²) in [5, 5.41) is 5.95. The van der Waals surface area contributed by atoms with Crippen molar-refractivity contribution in [2.75, 3.05) is 18.5 Å². The number of carbonyl (C=O) groups is 2. The van der Waals surface area contributed by atoms with E-state index in [2.05, 4.69) is 24.5 Å². The van der Waals surface area contributed by atoms with Gasteiger partial charge in [-0.2, -0.15) is 0 Å². The lowest BCUT2D eigenvalue weighted by molar-refractivity contribution is -0.126. The van der Waals surface area contributed by atoms with E-state index in [0.717, 1.165) is 23.3 Å². The molecule has 0 saturated carbocycles. The number of aryl methyl sites for hydroxylation is 1. The van der Waals surface area contributed by atoms with Crippen molar-refractivity contribution in [2.24, 2.45) is 11.8 Å². The lowest BCUT2D eigenvalue weighted by atomic mass is 9.95. The second-order valence-corrected chi connectivity index (χ2v) is 7.78. The average molecular weight is 380 g/mol. The summed E-state index contributed by atoms with van der Waals surface area (Å²) in [6, 6.07) is 13.1. The molecule has 1 aliphatic heterocycles. The van der Waals surface area contributed by atoms with Crippen molar-refractivity contribution < 1.29 is 14.3 Å². The van der Waals surface area contributed by atoms with Crippen molar-refractivity contribution in [2.45, 2.75) is 33.6 Å². The fraction of sp³-hybridized carbons (Fsp3) is 0.391. The number of nitrogens with one attached hydrogen (secondary N) is 2. The van der Waals surface area contributed by atoms with Crippen LogP contribution in [-0.2, 0) is 11.2 Å². The van der Waals surface area contributed by atoms with Crippen LogP contribution in [0.3, 0.4) is 0 Å². The van der Waals surface area contributed by atoms with Gasteiger partial charge in [0.25, 0.3) is 5.91 Å². The smallest absolute Gasteiger partial charge is 0.255 e. The first-order valence-corrected chi connectivity index (χ1v) is 9.84. The maximum Gasteiger partial charge on any atom is 0.255 e. The summed E-state index contributed by atoms with van der Waals surface area (Å²) < 4.78 is 5.77. The number of rotatable bonds is 6. The predicted octanol–water partition coefficient (Wildman–Crippen LogP) is 3.96. The van der Waals surface area contributed by atoms with Gasteiger partial charge in [0.2, 0.25) is 5.91 Å². The van der Waals surface area contributed by atoms with Gasteiger partial charge in [-0.3, -0.25) is 9.59 Å². The Morgan fingerprint density at radius 3 is 2.71 bits per heavy atom. The fourth-order valence-corrected chi connectivity index (χ4v) is 3.30. The minimum absolute atomic E-state index is 0.0284. The molecule has 3 rings (SSSR count). The Bertz CT molecular complexity index is 861. The van der Waals surface area contributed by atoms with Gasteiger partial charge in [-0.15, -0.1) is 0 Å². The van der Waals surface area contributed by atoms with E-state index < -0.39 is 0 Å². The molecule has 0 radical (unpaired) electrons. The van der Waals surface area contributed by atoms with Gasteiger partial charge in [-0.25, -0.2) is 0 Å². The van der Waals surface area contributed by atoms with Crippen LogP contribution in [0, 0.1) is 18.8 Å². The molecule has 148 valence electrons. The van der Waals surface area contributed by atoms with E-state index in [9.17, 15) is 9.59 Å². The van der Waals surface area contributed by atoms with E-state index in [1.54, 1.807) is 0 Å². The van der Waals surface area contributed by atoms with E-state index in [4.69, 9.17) is 4.74 Å². The van der Waals surface area contributed by atoms with Crippen LogP contribution in [0.1, 0.15) is 41.8 Å². The van der Waals surface area contributed by atoms with Crippen LogP contribution in [0.5, 0.6) is 5.75 Å². The molecular weight excluding hydrogens is 352 g/mol. The molecule has 0 fully saturated rings. The molecule has 5 heteroatoms. The monoisotopic (exact) mass is 380 g/mol. The van der Waals surface area contributed by atoms with Crippen LogP contribution in [0.2, 0.25) is 0 Å². The number of benzene rings is 2. The van der Waals surface area contributed by atoms with Crippen LogP contribution >= 0.6 is 0 Å². The quantitative estimate of drug-likeness (QED) is 0.797. The first-order chi connectivity index (χ1) is 13.4. The number of amides is 2. The van der Waals surface area contributed by atoms with Gasteiger partial charge in [0, 0.05) is 17.8 Å². The molecule has 28 heavy (non-hydrogen) atoms. The Labute approximate surface area is 166 Å². The second kappa shape index (κ2) is 8.91. The summed E-state index contributed by atoms with van der Waals surface area (Å²) in [6.45, 7) is 7.26. The summed E-state index contributed by atoms with van der Waals surface area (Å²) in [4.78, 5) is 25.0. The highest BCUT2D eigenvalue weighted by Gasteiger charge is 2.26. The van der Waals surface area contributed by atoms with E-state index in [1.807, 2.05) is 49.4 Å². The highest BCUT2D eigenvalue weighted by molar-refractivity contribution is 6.05. The van der Waals surface area contributed by atoms with Crippen LogP contribution in [0.4, 0.5) is 5.69 Å². The zero-order valence-corrected chi connectivity index (χ0v) is 16.7. The summed E-state index contributed by atoms with van der Waals surface area (Å²) in [7, 11) is 0. The highest BCUT2D eigenvalue weighted by Crippen LogP contribution is 2.30. The molecule has 2 N–H and O–H groups in total. The van der Waals surface area contributed by atoms with E-state index >= 15 is 0 Å². The van der Waals surface area contributed by atoms with Crippen molar-refractivity contribution in [3.63, 3.8) is 0 Å². The lowest BCUT2D eigenvalue weighted by Crippen LogP contribution is -2.38. The molecule has 1 heterocycles. The number of hydrogen-bond donors (Lipinski definition) is 2. The summed E-state index contributed by atoms with van der Waals surface area (Å²) in [5.41, 5.74) is 3.23. The van der Waals surface area contributed by atoms with Crippen LogP contribution in [-0.4, -0.2) is 25.0 Å². The van der Waals surface area contributed by atoms with Gasteiger partial charge in [0.1, 0.15) is 12.4 Å². The number of carbonyl (C=O) groups excluding carboxylic acids is 2. The Kier molecular flexibility index (Phi) is 6.34. The molecule has 0 aromatic heterocycles. The molecular formula is C23H28N2O3. The minimum atomic E-state index is -0.206. The fourth-order valence-electron chi connectivity index (χ4n) is 3.30. The predicted molar refractivity (Wildman–Crippen MR) is 111 cm³/mol. The molecule has 2 aromatic carbocycles. The van der Waals surface area contributed by atoms with Crippen LogP contribution in [0.15, 0.2) is 42.5 Å². The molecule has 2 amide bonds. The summed E-state index contributed by atoms with van der Waals surface area (Å²) >= 11 is 0. The SMILES string of the molecule is Cc1ccccc1C(=O)Nc1ccc2c(c1)C[C@@H](C(=O)NCCC(C)C)CO2. The van der Waals surface area contributed by atoms with Crippen molar-refractivity contribution in [1.82, 2.24) is 5.32 Å². The molecule has 0 saturated heterocycles. The maximum atomic E-state index is 12.5. The zero-order chi connectivity index (χ0) is 20.1. The number of ether oxygens (including phenoxy) is 1. The number of fused-ring (bicyclic) bond motifs is 1. The second-order valence-electron chi connectivity index (χ2n) is 7.78. The Morgan fingerprint density at radius 1 is 1.18 bits per heavy atom. The summed E-state index contributed by atoms with van der Waals surface area (Å²) in [6.07, 6.45) is 1.57. The van der Waals surface area contributed by atoms with E-state index in [-0.39, 0.29) is 17.7 Å². The average Bonchev–Trinajstić information content (AvgIpc) is 2.67. The largest absolute Gasteiger partial charge is 0.492 e. The first-order valence-electron chi connectivity index (χ1n) is 9.84. The highest BCUT2D eigenvalue weighted by atomic mass is 16.5. The number of hydrogen-bond acceptors (Lipinski definition) is 3. The first kappa shape index (κ1) is 19.9. The third-order valence-corrected chi connectivity index (χ3v) is 5.01. The standard InChI is InChI=1S/C23H28N2O3/c1-15(2)10-11-24-22(26)18-12-17-13-19(8-9-21(17)28-14-18)25-23(27)20-7-5-4-6-16(20)3/h4-9,13,15,18H,10-12,14H2,1-3H3,(H,24,26)(H,25,27)/t18-/m1/s1. The third kappa shape index (κ3) is 4.91. The molecule has 5 nitrogen and oxygen atoms in total. The normalized spacial score (nSPS) is 15.5. The Morgan fingerprint density at radius 2 is 1.96 bits per heavy atom. The molecule has 0 bridgehead atoms. The van der Waals surface area contributed by atoms with Gasteiger partial charge >= 0.3 is 0 Å². The molecule has 2 aromatic rings. The van der Waals surface area contributed by atoms with E-state index in [0.29, 0.717) is 36.7 Å². The molecule has 0 spiro atoms. The van der Waals surface area contributed by atoms with Crippen molar-refractivity contribution in [1.29, 1.82) is 0 Å². The lowest BCUT2D eigenvalue weighted by Gasteiger charge is -2.25. The van der Waals surface area contributed by atoms with E-state index in [1.165, 1.54) is 0 Å². The molecule has 0 aliphatic carbocycles. The van der Waals surface area contributed by atoms with Crippen LogP contribution in [0.25, 0.3) is 0 Å². The van der Waals surface area contributed by atoms with Gasteiger partial charge in [-0.05, 0) is 61.1 Å². The zero-order valence-electron chi connectivity index (χ0n) is 16.7. The molecule has 1 atom stereocenters. The van der Waals surface area contributed by atoms with Crippen molar-refractivity contribution >= 4 is 17.5 Å². The Balaban J connectivity index is 1.65. The Hall–Kier alpha value is -2.82. The van der Waals surface area contributed by atoms with Gasteiger partial charge in [0.05, 0.1) is 5.92 Å². The maximum absolute atomic E-state index is 12.5.